The van der Waals surface area contributed by atoms with E-state index < -0.39 is 0 Å². The van der Waals surface area contributed by atoms with Crippen molar-refractivity contribution in [2.24, 2.45) is 0 Å². The predicted molar refractivity (Wildman–Crippen MR) is 74.8 cm³/mol. The number of hydrogen-bond acceptors (Lipinski definition) is 3. The summed E-state index contributed by atoms with van der Waals surface area (Å²) in [6, 6.07) is 11.0. The van der Waals surface area contributed by atoms with Crippen molar-refractivity contribution >= 4 is 6.09 Å². The number of benzene rings is 1. The summed E-state index contributed by atoms with van der Waals surface area (Å²) in [6.45, 7) is 4.59. The molecule has 0 saturated heterocycles. The molecule has 104 valence electrons. The molecule has 0 radical (unpaired) electrons. The molecule has 1 aromatic carbocycles. The Hall–Kier alpha value is -1.55. The Morgan fingerprint density at radius 3 is 2.58 bits per heavy atom. The number of hydrogen-bond donors (Lipinski definition) is 2. The minimum absolute atomic E-state index is 0.250. The summed E-state index contributed by atoms with van der Waals surface area (Å²) >= 11 is 0. The molecule has 1 aliphatic carbocycles. The zero-order chi connectivity index (χ0) is 13.7. The van der Waals surface area contributed by atoms with Gasteiger partial charge in [0, 0.05) is 18.1 Å². The Balaban J connectivity index is 1.61. The first-order chi connectivity index (χ1) is 9.13. The summed E-state index contributed by atoms with van der Waals surface area (Å²) in [7, 11) is 0. The number of carbonyl (C=O) groups excluding carboxylic acids is 1. The zero-order valence-corrected chi connectivity index (χ0v) is 11.6. The van der Waals surface area contributed by atoms with Crippen molar-refractivity contribution in [3.8, 4) is 0 Å². The van der Waals surface area contributed by atoms with E-state index in [0.717, 1.165) is 18.4 Å². The first-order valence-corrected chi connectivity index (χ1v) is 6.86. The SMILES string of the molecule is CC(C)NC1CC(NC(=O)OCc2ccccc2)C1. The molecule has 1 saturated carbocycles. The minimum Gasteiger partial charge on any atom is -0.445 e. The highest BCUT2D eigenvalue weighted by Crippen LogP contribution is 2.20. The fourth-order valence-electron chi connectivity index (χ4n) is 2.27. The maximum absolute atomic E-state index is 11.6. The lowest BCUT2D eigenvalue weighted by atomic mass is 9.86. The van der Waals surface area contributed by atoms with Gasteiger partial charge >= 0.3 is 6.09 Å². The van der Waals surface area contributed by atoms with E-state index in [0.29, 0.717) is 18.7 Å². The molecule has 0 unspecified atom stereocenters. The van der Waals surface area contributed by atoms with Gasteiger partial charge in [0.15, 0.2) is 0 Å². The Morgan fingerprint density at radius 1 is 1.26 bits per heavy atom. The van der Waals surface area contributed by atoms with E-state index in [1.165, 1.54) is 0 Å². The second-order valence-corrected chi connectivity index (χ2v) is 5.39. The van der Waals surface area contributed by atoms with Gasteiger partial charge in [-0.3, -0.25) is 0 Å². The van der Waals surface area contributed by atoms with Crippen LogP contribution < -0.4 is 10.6 Å². The third-order valence-corrected chi connectivity index (χ3v) is 3.24. The first kappa shape index (κ1) is 13.9. The van der Waals surface area contributed by atoms with Crippen molar-refractivity contribution in [1.82, 2.24) is 10.6 Å². The predicted octanol–water partition coefficient (Wildman–Crippen LogP) is 2.44. The lowest BCUT2D eigenvalue weighted by molar-refractivity contribution is 0.125. The highest BCUT2D eigenvalue weighted by molar-refractivity contribution is 5.67. The maximum atomic E-state index is 11.6. The Labute approximate surface area is 114 Å². The molecule has 0 spiro atoms. The minimum atomic E-state index is -0.322. The number of rotatable bonds is 5. The van der Waals surface area contributed by atoms with Gasteiger partial charge < -0.3 is 15.4 Å². The molecule has 2 rings (SSSR count). The largest absolute Gasteiger partial charge is 0.445 e. The summed E-state index contributed by atoms with van der Waals surface area (Å²) < 4.78 is 5.18. The van der Waals surface area contributed by atoms with Crippen LogP contribution in [0.4, 0.5) is 4.79 Å². The second kappa shape index (κ2) is 6.57. The molecule has 4 heteroatoms. The summed E-state index contributed by atoms with van der Waals surface area (Å²) in [6.07, 6.45) is 1.65. The van der Waals surface area contributed by atoms with Gasteiger partial charge in [-0.05, 0) is 18.4 Å². The molecule has 19 heavy (non-hydrogen) atoms. The third-order valence-electron chi connectivity index (χ3n) is 3.24. The van der Waals surface area contributed by atoms with Gasteiger partial charge in [0.2, 0.25) is 0 Å². The van der Waals surface area contributed by atoms with E-state index in [1.807, 2.05) is 30.3 Å². The van der Waals surface area contributed by atoms with E-state index >= 15 is 0 Å². The molecule has 1 aliphatic rings. The van der Waals surface area contributed by atoms with E-state index in [-0.39, 0.29) is 12.1 Å². The lowest BCUT2D eigenvalue weighted by Crippen LogP contribution is -2.53. The molecule has 0 bridgehead atoms. The van der Waals surface area contributed by atoms with Crippen molar-refractivity contribution in [3.63, 3.8) is 0 Å². The van der Waals surface area contributed by atoms with Crippen LogP contribution in [-0.2, 0) is 11.3 Å². The van der Waals surface area contributed by atoms with Gasteiger partial charge in [0.25, 0.3) is 0 Å². The van der Waals surface area contributed by atoms with Crippen LogP contribution in [-0.4, -0.2) is 24.2 Å². The fourth-order valence-corrected chi connectivity index (χ4v) is 2.27. The van der Waals surface area contributed by atoms with E-state index in [4.69, 9.17) is 4.74 Å². The molecule has 0 aliphatic heterocycles. The number of ether oxygens (including phenoxy) is 1. The molecule has 0 heterocycles. The third kappa shape index (κ3) is 4.56. The van der Waals surface area contributed by atoms with Crippen LogP contribution >= 0.6 is 0 Å². The number of nitrogens with one attached hydrogen (secondary N) is 2. The highest BCUT2D eigenvalue weighted by Gasteiger charge is 2.30. The average molecular weight is 262 g/mol. The first-order valence-electron chi connectivity index (χ1n) is 6.86. The molecular weight excluding hydrogens is 240 g/mol. The Kier molecular flexibility index (Phi) is 4.80. The van der Waals surface area contributed by atoms with Gasteiger partial charge in [-0.15, -0.1) is 0 Å². The summed E-state index contributed by atoms with van der Waals surface area (Å²) in [5, 5.41) is 6.34. The molecule has 0 atom stereocenters. The van der Waals surface area contributed by atoms with Crippen LogP contribution in [0.3, 0.4) is 0 Å². The summed E-state index contributed by atoms with van der Waals surface area (Å²) in [4.78, 5) is 11.6. The Morgan fingerprint density at radius 2 is 1.95 bits per heavy atom. The number of amides is 1. The van der Waals surface area contributed by atoms with Crippen molar-refractivity contribution in [2.45, 2.75) is 51.4 Å². The summed E-state index contributed by atoms with van der Waals surface area (Å²) in [5.74, 6) is 0. The zero-order valence-electron chi connectivity index (χ0n) is 11.6. The van der Waals surface area contributed by atoms with E-state index in [1.54, 1.807) is 0 Å². The van der Waals surface area contributed by atoms with Gasteiger partial charge in [-0.1, -0.05) is 44.2 Å². The van der Waals surface area contributed by atoms with Crippen molar-refractivity contribution < 1.29 is 9.53 Å². The summed E-state index contributed by atoms with van der Waals surface area (Å²) in [5.41, 5.74) is 1.01. The normalized spacial score (nSPS) is 21.8. The van der Waals surface area contributed by atoms with Crippen molar-refractivity contribution in [2.75, 3.05) is 0 Å². The molecule has 0 aromatic heterocycles. The van der Waals surface area contributed by atoms with Gasteiger partial charge in [0.05, 0.1) is 0 Å². The molecule has 1 aromatic rings. The van der Waals surface area contributed by atoms with Gasteiger partial charge in [0.1, 0.15) is 6.61 Å². The molecule has 2 N–H and O–H groups in total. The molecule has 1 fully saturated rings. The average Bonchev–Trinajstić information content (AvgIpc) is 2.34. The van der Waals surface area contributed by atoms with E-state index in [2.05, 4.69) is 24.5 Å². The highest BCUT2D eigenvalue weighted by atomic mass is 16.5. The van der Waals surface area contributed by atoms with Crippen molar-refractivity contribution in [1.29, 1.82) is 0 Å². The Bertz CT molecular complexity index is 400. The lowest BCUT2D eigenvalue weighted by Gasteiger charge is -2.37. The fraction of sp³-hybridized carbons (Fsp3) is 0.533. The molecule has 4 nitrogen and oxygen atoms in total. The standard InChI is InChI=1S/C15H22N2O2/c1-11(2)16-13-8-14(9-13)17-15(18)19-10-12-6-4-3-5-7-12/h3-7,11,13-14,16H,8-10H2,1-2H3,(H,17,18). The number of carbonyl (C=O) groups is 1. The van der Waals surface area contributed by atoms with Crippen LogP contribution in [0, 0.1) is 0 Å². The number of alkyl carbamates (subject to hydrolysis) is 1. The maximum Gasteiger partial charge on any atom is 0.407 e. The van der Waals surface area contributed by atoms with Crippen LogP contribution in [0.25, 0.3) is 0 Å². The van der Waals surface area contributed by atoms with Gasteiger partial charge in [-0.25, -0.2) is 4.79 Å². The van der Waals surface area contributed by atoms with Crippen LogP contribution in [0.5, 0.6) is 0 Å². The molecular formula is C15H22N2O2. The van der Waals surface area contributed by atoms with Crippen LogP contribution in [0.15, 0.2) is 30.3 Å². The van der Waals surface area contributed by atoms with E-state index in [9.17, 15) is 4.79 Å². The van der Waals surface area contributed by atoms with Crippen LogP contribution in [0.2, 0.25) is 0 Å². The quantitative estimate of drug-likeness (QED) is 0.857. The monoisotopic (exact) mass is 262 g/mol. The smallest absolute Gasteiger partial charge is 0.407 e. The topological polar surface area (TPSA) is 50.4 Å². The van der Waals surface area contributed by atoms with Crippen LogP contribution in [0.1, 0.15) is 32.3 Å². The van der Waals surface area contributed by atoms with Crippen molar-refractivity contribution in [3.05, 3.63) is 35.9 Å². The van der Waals surface area contributed by atoms with Gasteiger partial charge in [-0.2, -0.15) is 0 Å². The molecule has 1 amide bonds. The second-order valence-electron chi connectivity index (χ2n) is 5.39.